The molecule has 0 spiro atoms. The van der Waals surface area contributed by atoms with Crippen molar-refractivity contribution in [1.29, 1.82) is 0 Å². The SMILES string of the molecule is COC(CN)C(=O)NC1(C(=O)O)CCCCCC1. The van der Waals surface area contributed by atoms with Gasteiger partial charge in [0.05, 0.1) is 0 Å². The highest BCUT2D eigenvalue weighted by molar-refractivity contribution is 5.89. The summed E-state index contributed by atoms with van der Waals surface area (Å²) in [7, 11) is 1.39. The average Bonchev–Trinajstić information content (AvgIpc) is 2.57. The number of amides is 1. The van der Waals surface area contributed by atoms with Gasteiger partial charge in [0.25, 0.3) is 5.91 Å². The molecule has 1 amide bonds. The van der Waals surface area contributed by atoms with Crippen molar-refractivity contribution in [2.75, 3.05) is 13.7 Å². The number of nitrogens with two attached hydrogens (primary N) is 1. The van der Waals surface area contributed by atoms with Crippen LogP contribution in [0, 0.1) is 0 Å². The third-order valence-electron chi connectivity index (χ3n) is 3.52. The lowest BCUT2D eigenvalue weighted by molar-refractivity contribution is -0.150. The number of methoxy groups -OCH3 is 1. The smallest absolute Gasteiger partial charge is 0.329 e. The summed E-state index contributed by atoms with van der Waals surface area (Å²) in [4.78, 5) is 23.4. The lowest BCUT2D eigenvalue weighted by atomic mass is 9.90. The summed E-state index contributed by atoms with van der Waals surface area (Å²) in [6.45, 7) is 0.0397. The summed E-state index contributed by atoms with van der Waals surface area (Å²) >= 11 is 0. The Morgan fingerprint density at radius 1 is 1.33 bits per heavy atom. The van der Waals surface area contributed by atoms with Crippen molar-refractivity contribution < 1.29 is 19.4 Å². The topological polar surface area (TPSA) is 102 Å². The van der Waals surface area contributed by atoms with Crippen molar-refractivity contribution in [3.05, 3.63) is 0 Å². The number of carboxylic acid groups (broad SMARTS) is 1. The van der Waals surface area contributed by atoms with Crippen LogP contribution in [0.1, 0.15) is 38.5 Å². The summed E-state index contributed by atoms with van der Waals surface area (Å²) in [5, 5.41) is 12.0. The molecule has 1 rings (SSSR count). The van der Waals surface area contributed by atoms with Gasteiger partial charge in [0.2, 0.25) is 0 Å². The number of carbonyl (C=O) groups excluding carboxylic acids is 1. The van der Waals surface area contributed by atoms with Gasteiger partial charge < -0.3 is 20.9 Å². The summed E-state index contributed by atoms with van der Waals surface area (Å²) < 4.78 is 4.93. The molecule has 0 heterocycles. The molecule has 6 heteroatoms. The van der Waals surface area contributed by atoms with Crippen LogP contribution >= 0.6 is 0 Å². The van der Waals surface area contributed by atoms with E-state index in [0.717, 1.165) is 25.7 Å². The summed E-state index contributed by atoms with van der Waals surface area (Å²) in [5.41, 5.74) is 4.25. The van der Waals surface area contributed by atoms with Gasteiger partial charge in [-0.1, -0.05) is 25.7 Å². The zero-order chi connectivity index (χ0) is 13.6. The van der Waals surface area contributed by atoms with E-state index in [9.17, 15) is 14.7 Å². The van der Waals surface area contributed by atoms with E-state index in [1.165, 1.54) is 7.11 Å². The predicted octanol–water partition coefficient (Wildman–Crippen LogP) is 0.254. The van der Waals surface area contributed by atoms with E-state index in [2.05, 4.69) is 5.32 Å². The van der Waals surface area contributed by atoms with Gasteiger partial charge in [0, 0.05) is 13.7 Å². The monoisotopic (exact) mass is 258 g/mol. The van der Waals surface area contributed by atoms with Crippen molar-refractivity contribution in [3.63, 3.8) is 0 Å². The van der Waals surface area contributed by atoms with Crippen LogP contribution in [0.3, 0.4) is 0 Å². The van der Waals surface area contributed by atoms with E-state index in [1.54, 1.807) is 0 Å². The molecule has 18 heavy (non-hydrogen) atoms. The summed E-state index contributed by atoms with van der Waals surface area (Å²) in [6, 6.07) is 0. The molecule has 4 N–H and O–H groups in total. The molecule has 1 aliphatic rings. The van der Waals surface area contributed by atoms with Crippen LogP contribution in [-0.2, 0) is 14.3 Å². The number of carboxylic acids is 1. The number of hydrogen-bond acceptors (Lipinski definition) is 4. The Hall–Kier alpha value is -1.14. The Morgan fingerprint density at radius 3 is 2.28 bits per heavy atom. The van der Waals surface area contributed by atoms with Gasteiger partial charge in [-0.25, -0.2) is 4.79 Å². The molecule has 0 bridgehead atoms. The van der Waals surface area contributed by atoms with E-state index < -0.39 is 23.5 Å². The van der Waals surface area contributed by atoms with Crippen molar-refractivity contribution in [2.45, 2.75) is 50.2 Å². The van der Waals surface area contributed by atoms with Crippen LogP contribution < -0.4 is 11.1 Å². The quantitative estimate of drug-likeness (QED) is 0.614. The largest absolute Gasteiger partial charge is 0.480 e. The van der Waals surface area contributed by atoms with Crippen molar-refractivity contribution >= 4 is 11.9 Å². The molecule has 6 nitrogen and oxygen atoms in total. The van der Waals surface area contributed by atoms with Gasteiger partial charge in [-0.3, -0.25) is 4.79 Å². The molecule has 0 aromatic heterocycles. The lowest BCUT2D eigenvalue weighted by Gasteiger charge is -2.30. The van der Waals surface area contributed by atoms with Crippen LogP contribution in [0.5, 0.6) is 0 Å². The highest BCUT2D eigenvalue weighted by Crippen LogP contribution is 2.27. The van der Waals surface area contributed by atoms with Crippen LogP contribution in [-0.4, -0.2) is 42.3 Å². The maximum absolute atomic E-state index is 11.9. The van der Waals surface area contributed by atoms with Crippen molar-refractivity contribution in [1.82, 2.24) is 5.32 Å². The van der Waals surface area contributed by atoms with Gasteiger partial charge in [-0.05, 0) is 12.8 Å². The Morgan fingerprint density at radius 2 is 1.89 bits per heavy atom. The normalized spacial score (nSPS) is 20.8. The Balaban J connectivity index is 2.78. The minimum absolute atomic E-state index is 0.0397. The fraction of sp³-hybridized carbons (Fsp3) is 0.833. The molecule has 1 unspecified atom stereocenters. The second-order valence-corrected chi connectivity index (χ2v) is 4.75. The van der Waals surface area contributed by atoms with E-state index in [1.807, 2.05) is 0 Å². The van der Waals surface area contributed by atoms with Crippen LogP contribution in [0.15, 0.2) is 0 Å². The average molecular weight is 258 g/mol. The van der Waals surface area contributed by atoms with Gasteiger partial charge in [-0.15, -0.1) is 0 Å². The Labute approximate surface area is 107 Å². The molecular formula is C12H22N2O4. The minimum atomic E-state index is -1.15. The zero-order valence-electron chi connectivity index (χ0n) is 10.8. The molecule has 1 saturated carbocycles. The van der Waals surface area contributed by atoms with Crippen LogP contribution in [0.25, 0.3) is 0 Å². The molecule has 1 atom stereocenters. The number of hydrogen-bond donors (Lipinski definition) is 3. The first-order valence-electron chi connectivity index (χ1n) is 6.34. The molecule has 0 aromatic rings. The van der Waals surface area contributed by atoms with Gasteiger partial charge in [-0.2, -0.15) is 0 Å². The number of carbonyl (C=O) groups is 2. The number of aliphatic carboxylic acids is 1. The third kappa shape index (κ3) is 3.43. The van der Waals surface area contributed by atoms with E-state index in [0.29, 0.717) is 12.8 Å². The van der Waals surface area contributed by atoms with E-state index in [4.69, 9.17) is 10.5 Å². The molecule has 104 valence electrons. The van der Waals surface area contributed by atoms with E-state index in [-0.39, 0.29) is 6.54 Å². The van der Waals surface area contributed by atoms with Gasteiger partial charge in [0.1, 0.15) is 11.6 Å². The van der Waals surface area contributed by atoms with Gasteiger partial charge in [0.15, 0.2) is 0 Å². The fourth-order valence-electron chi connectivity index (χ4n) is 2.35. The highest BCUT2D eigenvalue weighted by Gasteiger charge is 2.41. The molecule has 0 aliphatic heterocycles. The van der Waals surface area contributed by atoms with Crippen molar-refractivity contribution in [3.8, 4) is 0 Å². The fourth-order valence-corrected chi connectivity index (χ4v) is 2.35. The minimum Gasteiger partial charge on any atom is -0.480 e. The number of nitrogens with one attached hydrogen (secondary N) is 1. The van der Waals surface area contributed by atoms with Gasteiger partial charge >= 0.3 is 5.97 Å². The zero-order valence-corrected chi connectivity index (χ0v) is 10.8. The Bertz CT molecular complexity index is 294. The number of rotatable bonds is 5. The Kier molecular flexibility index (Phi) is 5.55. The molecule has 0 aromatic carbocycles. The molecule has 0 radical (unpaired) electrons. The molecule has 1 fully saturated rings. The maximum atomic E-state index is 11.9. The predicted molar refractivity (Wildman–Crippen MR) is 66.1 cm³/mol. The molecular weight excluding hydrogens is 236 g/mol. The third-order valence-corrected chi connectivity index (χ3v) is 3.52. The standard InChI is InChI=1S/C12H22N2O4/c1-18-9(8-13)10(15)14-12(11(16)17)6-4-2-3-5-7-12/h9H,2-8,13H2,1H3,(H,14,15)(H,16,17). The second kappa shape index (κ2) is 6.70. The van der Waals surface area contributed by atoms with Crippen LogP contribution in [0.4, 0.5) is 0 Å². The summed E-state index contributed by atoms with van der Waals surface area (Å²) in [6.07, 6.45) is 3.79. The molecule has 0 saturated heterocycles. The first-order valence-corrected chi connectivity index (χ1v) is 6.34. The summed E-state index contributed by atoms with van der Waals surface area (Å²) in [5.74, 6) is -1.41. The van der Waals surface area contributed by atoms with Crippen LogP contribution in [0.2, 0.25) is 0 Å². The number of ether oxygens (including phenoxy) is 1. The highest BCUT2D eigenvalue weighted by atomic mass is 16.5. The first-order chi connectivity index (χ1) is 8.55. The maximum Gasteiger partial charge on any atom is 0.329 e. The second-order valence-electron chi connectivity index (χ2n) is 4.75. The molecule has 1 aliphatic carbocycles. The van der Waals surface area contributed by atoms with Crippen molar-refractivity contribution in [2.24, 2.45) is 5.73 Å². The lowest BCUT2D eigenvalue weighted by Crippen LogP contribution is -2.57. The van der Waals surface area contributed by atoms with E-state index >= 15 is 0 Å². The first kappa shape index (κ1) is 14.9.